The number of nitrogens with one attached hydrogen (secondary N) is 6. The maximum absolute atomic E-state index is 13.7. The van der Waals surface area contributed by atoms with Gasteiger partial charge in [0.15, 0.2) is 5.78 Å². The molecule has 2 rings (SSSR count). The van der Waals surface area contributed by atoms with Gasteiger partial charge in [0.05, 0.1) is 57.9 Å². The molecule has 0 aliphatic heterocycles. The van der Waals surface area contributed by atoms with Crippen molar-refractivity contribution in [2.45, 2.75) is 269 Å². The van der Waals surface area contributed by atoms with Crippen molar-refractivity contribution in [1.82, 2.24) is 36.6 Å². The summed E-state index contributed by atoms with van der Waals surface area (Å²) in [5, 5.41) is 52.0. The summed E-state index contributed by atoms with van der Waals surface area (Å²) in [4.78, 5) is 181. The lowest BCUT2D eigenvalue weighted by atomic mass is 9.62. The lowest BCUT2D eigenvalue weighted by Crippen LogP contribution is -2.50. The molecule has 0 unspecified atom stereocenters. The van der Waals surface area contributed by atoms with Crippen LogP contribution < -0.4 is 32.3 Å². The van der Waals surface area contributed by atoms with Gasteiger partial charge in [-0.2, -0.15) is 0 Å². The normalized spacial score (nSPS) is 14.2. The molecule has 1 aromatic heterocycles. The Morgan fingerprint density at radius 1 is 0.524 bits per heavy atom. The number of hydrogen-bond donors (Lipinski definition) is 11. The average Bonchev–Trinajstić information content (AvgIpc) is 1.41. The quantitative estimate of drug-likeness (QED) is 0.0352. The molecule has 1 aliphatic rings. The number of aromatic amines is 1. The van der Waals surface area contributed by atoms with Crippen LogP contribution in [0.4, 0.5) is 0 Å². The zero-order chi connectivity index (χ0) is 76.1. The molecule has 103 heavy (non-hydrogen) atoms. The van der Waals surface area contributed by atoms with E-state index in [0.717, 1.165) is 44.2 Å². The Morgan fingerprint density at radius 2 is 1.07 bits per heavy atom. The summed E-state index contributed by atoms with van der Waals surface area (Å²) in [5.41, 5.74) is 5.43. The number of ketones is 6. The van der Waals surface area contributed by atoms with Crippen LogP contribution in [0.2, 0.25) is 0 Å². The van der Waals surface area contributed by atoms with E-state index < -0.39 is 108 Å². The van der Waals surface area contributed by atoms with Crippen LogP contribution in [-0.2, 0) is 92.5 Å². The standard InChI is InChI=1S/C73H120N8O22/c1-52(82)21-15-13-11-9-7-5-3-4-6-8-10-12-14-16-24-65(90)80-60(71(96)97)30-29-57(84)23-19-39-100-41-44-103-50-67(92)77-38-40-101-42-43-102-49-59(86)45-55(70(94)95)26-33-66(91)81-61(72(98)99)31-34-64(89)76-37-18-17-22-54(62(87)48-78-68(53(2)83)69(74)93)25-32-63(88)73(35-20-36-73)46-58(85)28-27-56-47-75-51-79-56/h47,51,53-55,60-61,68,78,83H,3-46,48-50H2,1-2H3,(H2,74,93)(H,75,79)(H,76,89)(H,77,92)(H,80,90)(H,81,91)(H,94,95)(H,96,97)(H,98,99)/t53-,54-,55-,60+,61+,68+/m1/s1. The second-order valence-corrected chi connectivity index (χ2v) is 27.2. The number of imidazole rings is 1. The van der Waals surface area contributed by atoms with E-state index in [4.69, 9.17) is 24.7 Å². The molecule has 30 heteroatoms. The Kier molecular flexibility index (Phi) is 50.1. The van der Waals surface area contributed by atoms with Gasteiger partial charge in [-0.3, -0.25) is 58.1 Å². The van der Waals surface area contributed by atoms with Gasteiger partial charge in [-0.1, -0.05) is 89.9 Å². The SMILES string of the molecule is CC(=O)CCCCCCCCCCCCCCCCC(=O)N[C@@H](CCC(=O)CCCOCCOCC(=O)NCCOCCOCC(=O)C[C@@H](CCC(=O)N[C@@H](CCC(=O)NCCCC[C@H](CCC(=O)C1(CC(=O)CCc2cnc[nH]2)CCC1)C(=O)CN[C@H](C(N)=O)[C@@H](C)O)C(=O)O)C(=O)O)C(=O)O. The summed E-state index contributed by atoms with van der Waals surface area (Å²) in [5.74, 6) is -9.73. The van der Waals surface area contributed by atoms with Gasteiger partial charge in [0.25, 0.3) is 0 Å². The van der Waals surface area contributed by atoms with E-state index in [9.17, 15) is 87.5 Å². The van der Waals surface area contributed by atoms with Crippen LogP contribution in [-0.4, -0.2) is 209 Å². The number of primary amides is 1. The summed E-state index contributed by atoms with van der Waals surface area (Å²) in [6.45, 7) is 2.91. The third-order valence-electron chi connectivity index (χ3n) is 18.3. The average molecular weight is 1460 g/mol. The van der Waals surface area contributed by atoms with E-state index in [2.05, 4.69) is 36.6 Å². The van der Waals surface area contributed by atoms with E-state index in [0.29, 0.717) is 57.8 Å². The molecule has 1 aliphatic carbocycles. The van der Waals surface area contributed by atoms with Gasteiger partial charge < -0.3 is 76.2 Å². The number of aliphatic carboxylic acids is 3. The lowest BCUT2D eigenvalue weighted by Gasteiger charge is -2.40. The Balaban J connectivity index is 1.54. The second-order valence-electron chi connectivity index (χ2n) is 27.2. The monoisotopic (exact) mass is 1460 g/mol. The van der Waals surface area contributed by atoms with Crippen molar-refractivity contribution < 1.29 is 106 Å². The van der Waals surface area contributed by atoms with Crippen molar-refractivity contribution in [2.24, 2.45) is 23.0 Å². The fraction of sp³-hybridized carbons (Fsp3) is 0.767. The molecule has 584 valence electrons. The molecule has 6 atom stereocenters. The number of aryl methyl sites for hydroxylation is 1. The third kappa shape index (κ3) is 45.6. The molecule has 1 heterocycles. The van der Waals surface area contributed by atoms with E-state index >= 15 is 0 Å². The zero-order valence-electron chi connectivity index (χ0n) is 61.0. The number of aliphatic hydroxyl groups is 1. The molecule has 1 fully saturated rings. The number of nitrogens with zero attached hydrogens (tertiary/aromatic N) is 1. The van der Waals surface area contributed by atoms with Crippen molar-refractivity contribution in [3.63, 3.8) is 0 Å². The predicted octanol–water partition coefficient (Wildman–Crippen LogP) is 5.62. The number of Topliss-reactive ketones (excluding diaryl/α,β-unsaturated/α-hetero) is 6. The number of unbranched alkanes of at least 4 members (excludes halogenated alkanes) is 14. The number of H-pyrrole nitrogens is 1. The number of rotatable bonds is 70. The number of aromatic nitrogens is 2. The van der Waals surface area contributed by atoms with Crippen LogP contribution in [0.25, 0.3) is 0 Å². The Morgan fingerprint density at radius 3 is 1.62 bits per heavy atom. The maximum Gasteiger partial charge on any atom is 0.326 e. The highest BCUT2D eigenvalue weighted by molar-refractivity contribution is 5.93. The van der Waals surface area contributed by atoms with Gasteiger partial charge >= 0.3 is 17.9 Å². The van der Waals surface area contributed by atoms with Crippen molar-refractivity contribution in [3.8, 4) is 0 Å². The second kappa shape index (κ2) is 56.2. The minimum absolute atomic E-state index is 0.00106. The first-order valence-corrected chi connectivity index (χ1v) is 37.2. The summed E-state index contributed by atoms with van der Waals surface area (Å²) in [6, 6.07) is -3.83. The molecule has 1 saturated carbocycles. The number of aliphatic hydroxyl groups excluding tert-OH is 1. The zero-order valence-corrected chi connectivity index (χ0v) is 61.0. The Hall–Kier alpha value is -7.25. The molecular formula is C73H120N8O22. The molecule has 0 saturated heterocycles. The third-order valence-corrected chi connectivity index (χ3v) is 18.3. The number of carbonyl (C=O) groups is 14. The van der Waals surface area contributed by atoms with Crippen LogP contribution in [0.1, 0.15) is 244 Å². The largest absolute Gasteiger partial charge is 0.481 e. The first-order chi connectivity index (χ1) is 49.3. The van der Waals surface area contributed by atoms with E-state index in [1.54, 1.807) is 13.1 Å². The number of ether oxygens (including phenoxy) is 4. The molecular weight excluding hydrogens is 1340 g/mol. The Bertz CT molecular complexity index is 2720. The number of carbonyl (C=O) groups excluding carboxylic acids is 11. The number of nitrogens with two attached hydrogens (primary N) is 1. The number of hydrogen-bond acceptors (Lipinski definition) is 21. The number of carboxylic acid groups (broad SMARTS) is 3. The van der Waals surface area contributed by atoms with Crippen molar-refractivity contribution >= 4 is 82.1 Å². The van der Waals surface area contributed by atoms with Crippen LogP contribution in [0.3, 0.4) is 0 Å². The minimum atomic E-state index is -1.49. The topological polar surface area (TPSA) is 472 Å². The molecule has 0 radical (unpaired) electrons. The van der Waals surface area contributed by atoms with Crippen molar-refractivity contribution in [2.75, 3.05) is 72.5 Å². The van der Waals surface area contributed by atoms with E-state index in [1.165, 1.54) is 64.6 Å². The van der Waals surface area contributed by atoms with Gasteiger partial charge in [-0.05, 0) is 90.9 Å². The lowest BCUT2D eigenvalue weighted by molar-refractivity contribution is -0.145. The summed E-state index contributed by atoms with van der Waals surface area (Å²) in [7, 11) is 0. The predicted molar refractivity (Wildman–Crippen MR) is 378 cm³/mol. The summed E-state index contributed by atoms with van der Waals surface area (Å²) < 4.78 is 21.5. The van der Waals surface area contributed by atoms with Crippen molar-refractivity contribution in [1.29, 1.82) is 0 Å². The van der Waals surface area contributed by atoms with Gasteiger partial charge in [0.2, 0.25) is 29.5 Å². The summed E-state index contributed by atoms with van der Waals surface area (Å²) >= 11 is 0. The van der Waals surface area contributed by atoms with Crippen LogP contribution in [0, 0.1) is 17.3 Å². The maximum atomic E-state index is 13.7. The van der Waals surface area contributed by atoms with Crippen LogP contribution in [0.5, 0.6) is 0 Å². The highest BCUT2D eigenvalue weighted by Gasteiger charge is 2.45. The summed E-state index contributed by atoms with van der Waals surface area (Å²) in [6.07, 6.45) is 21.4. The Labute approximate surface area is 605 Å². The highest BCUT2D eigenvalue weighted by atomic mass is 16.5. The smallest absolute Gasteiger partial charge is 0.326 e. The first kappa shape index (κ1) is 91.8. The molecule has 30 nitrogen and oxygen atoms in total. The van der Waals surface area contributed by atoms with Gasteiger partial charge in [-0.15, -0.1) is 0 Å². The van der Waals surface area contributed by atoms with Crippen molar-refractivity contribution in [3.05, 3.63) is 18.2 Å². The molecule has 12 N–H and O–H groups in total. The fourth-order valence-corrected chi connectivity index (χ4v) is 12.0. The minimum Gasteiger partial charge on any atom is -0.481 e. The number of amides is 5. The molecule has 5 amide bonds. The van der Waals surface area contributed by atoms with Crippen LogP contribution >= 0.6 is 0 Å². The molecule has 0 bridgehead atoms. The first-order valence-electron chi connectivity index (χ1n) is 37.2. The molecule has 1 aromatic rings. The van der Waals surface area contributed by atoms with E-state index in [-0.39, 0.29) is 171 Å². The molecule has 0 spiro atoms. The number of carboxylic acids is 3. The van der Waals surface area contributed by atoms with Gasteiger partial charge in [-0.25, -0.2) is 14.6 Å². The van der Waals surface area contributed by atoms with E-state index in [1.807, 2.05) is 0 Å². The highest BCUT2D eigenvalue weighted by Crippen LogP contribution is 2.46. The van der Waals surface area contributed by atoms with Gasteiger partial charge in [0.1, 0.15) is 60.3 Å². The fourth-order valence-electron chi connectivity index (χ4n) is 12.0. The van der Waals surface area contributed by atoms with Crippen LogP contribution in [0.15, 0.2) is 12.5 Å². The van der Waals surface area contributed by atoms with Gasteiger partial charge in [0, 0.05) is 107 Å². The molecule has 0 aromatic carbocycles.